The number of hydrogen-bond donors (Lipinski definition) is 1. The lowest BCUT2D eigenvalue weighted by atomic mass is 10.5. The minimum atomic E-state index is -1.11. The second kappa shape index (κ2) is 2.78. The number of alkyl halides is 1. The van der Waals surface area contributed by atoms with Gasteiger partial charge in [0.15, 0.2) is 12.5 Å². The highest BCUT2D eigenvalue weighted by atomic mass is 19.1. The Balaban J connectivity index is 2.99. The summed E-state index contributed by atoms with van der Waals surface area (Å²) in [5, 5.41) is 7.62. The molecule has 0 saturated heterocycles. The van der Waals surface area contributed by atoms with E-state index < -0.39 is 12.5 Å². The van der Waals surface area contributed by atoms with Crippen molar-refractivity contribution >= 4 is 5.78 Å². The van der Waals surface area contributed by atoms with Crippen LogP contribution in [0.3, 0.4) is 0 Å². The Hall–Kier alpha value is -0.440. The Morgan fingerprint density at radius 1 is 2.00 bits per heavy atom. The standard InChI is InChI=1S/C3H4FO2/c4-1-3(6)2-5/h2,5H,1H2. The van der Waals surface area contributed by atoms with E-state index in [0.717, 1.165) is 0 Å². The minimum Gasteiger partial charge on any atom is -0.382 e. The monoisotopic (exact) mass is 91.0 g/mol. The molecule has 6 heavy (non-hydrogen) atoms. The number of aliphatic hydroxyl groups excluding tert-OH is 1. The molecule has 0 aliphatic heterocycles. The van der Waals surface area contributed by atoms with E-state index in [1.165, 1.54) is 0 Å². The van der Waals surface area contributed by atoms with Gasteiger partial charge >= 0.3 is 0 Å². The number of rotatable bonds is 2. The van der Waals surface area contributed by atoms with Crippen molar-refractivity contribution in [3.05, 3.63) is 6.61 Å². The van der Waals surface area contributed by atoms with E-state index in [2.05, 4.69) is 0 Å². The molecule has 0 rings (SSSR count). The van der Waals surface area contributed by atoms with E-state index >= 15 is 0 Å². The average Bonchev–Trinajstić information content (AvgIpc) is 1.65. The second-order valence-corrected chi connectivity index (χ2v) is 0.729. The van der Waals surface area contributed by atoms with Crippen molar-refractivity contribution < 1.29 is 14.3 Å². The van der Waals surface area contributed by atoms with Gasteiger partial charge in [0, 0.05) is 0 Å². The molecule has 0 aromatic rings. The van der Waals surface area contributed by atoms with E-state index in [4.69, 9.17) is 5.11 Å². The highest BCUT2D eigenvalue weighted by Crippen LogP contribution is 1.73. The predicted molar refractivity (Wildman–Crippen MR) is 17.2 cm³/mol. The van der Waals surface area contributed by atoms with Crippen LogP contribution in [-0.4, -0.2) is 17.6 Å². The lowest BCUT2D eigenvalue weighted by Crippen LogP contribution is -1.97. The predicted octanol–water partition coefficient (Wildman–Crippen LogP) is 0.0593. The summed E-state index contributed by atoms with van der Waals surface area (Å²) in [5.74, 6) is -0.894. The molecule has 0 saturated carbocycles. The fourth-order valence-corrected chi connectivity index (χ4v) is 0.0345. The largest absolute Gasteiger partial charge is 0.382 e. The summed E-state index contributed by atoms with van der Waals surface area (Å²) in [4.78, 5) is 9.50. The third-order valence-electron chi connectivity index (χ3n) is 0.276. The molecule has 0 aromatic carbocycles. The fourth-order valence-electron chi connectivity index (χ4n) is 0.0345. The summed E-state index contributed by atoms with van der Waals surface area (Å²) in [6, 6.07) is 0. The van der Waals surface area contributed by atoms with Crippen molar-refractivity contribution in [3.63, 3.8) is 0 Å². The molecule has 3 heteroatoms. The molecule has 0 amide bonds. The third-order valence-corrected chi connectivity index (χ3v) is 0.276. The Kier molecular flexibility index (Phi) is 2.58. The highest BCUT2D eigenvalue weighted by molar-refractivity contribution is 5.85. The molecule has 0 heterocycles. The SMILES string of the molecule is O=C([CH]O)CF. The number of halogens is 1. The summed E-state index contributed by atoms with van der Waals surface area (Å²) < 4.78 is 10.8. The van der Waals surface area contributed by atoms with Crippen LogP contribution in [0.2, 0.25) is 0 Å². The number of carbonyl (C=O) groups is 1. The van der Waals surface area contributed by atoms with Gasteiger partial charge in [-0.05, 0) is 0 Å². The van der Waals surface area contributed by atoms with Crippen LogP contribution in [0.5, 0.6) is 0 Å². The molecule has 0 aliphatic rings. The molecule has 1 N–H and O–H groups in total. The summed E-state index contributed by atoms with van der Waals surface area (Å²) in [7, 11) is 0. The van der Waals surface area contributed by atoms with E-state index in [-0.39, 0.29) is 6.61 Å². The number of Topliss-reactive ketones (excluding diaryl/α,β-unsaturated/α-hetero) is 1. The average molecular weight is 91.1 g/mol. The van der Waals surface area contributed by atoms with Gasteiger partial charge in [-0.3, -0.25) is 4.79 Å². The minimum absolute atomic E-state index is 0.208. The lowest BCUT2D eigenvalue weighted by molar-refractivity contribution is -0.119. The van der Waals surface area contributed by atoms with E-state index in [1.807, 2.05) is 0 Å². The molecule has 0 bridgehead atoms. The lowest BCUT2D eigenvalue weighted by Gasteiger charge is -1.77. The van der Waals surface area contributed by atoms with Crippen LogP contribution in [0.15, 0.2) is 0 Å². The third kappa shape index (κ3) is 1.84. The van der Waals surface area contributed by atoms with Gasteiger partial charge in [-0.25, -0.2) is 4.39 Å². The van der Waals surface area contributed by atoms with Crippen molar-refractivity contribution in [3.8, 4) is 0 Å². The zero-order valence-electron chi connectivity index (χ0n) is 3.02. The second-order valence-electron chi connectivity index (χ2n) is 0.729. The smallest absolute Gasteiger partial charge is 0.195 e. The molecule has 0 aromatic heterocycles. The molecule has 0 unspecified atom stereocenters. The maximum absolute atomic E-state index is 10.8. The number of aliphatic hydroxyl groups is 1. The van der Waals surface area contributed by atoms with Gasteiger partial charge in [-0.2, -0.15) is 0 Å². The van der Waals surface area contributed by atoms with Gasteiger partial charge in [0.25, 0.3) is 0 Å². The molecule has 2 nitrogen and oxygen atoms in total. The number of hydrogen-bond acceptors (Lipinski definition) is 2. The maximum atomic E-state index is 10.8. The summed E-state index contributed by atoms with van der Waals surface area (Å²) in [6.45, 7) is -0.906. The summed E-state index contributed by atoms with van der Waals surface area (Å²) >= 11 is 0. The first-order chi connectivity index (χ1) is 2.81. The number of carbonyl (C=O) groups excluding carboxylic acids is 1. The van der Waals surface area contributed by atoms with Crippen LogP contribution in [0.25, 0.3) is 0 Å². The molecule has 0 atom stereocenters. The molecule has 1 radical (unpaired) electrons. The van der Waals surface area contributed by atoms with Gasteiger partial charge in [-0.15, -0.1) is 0 Å². The Morgan fingerprint density at radius 3 is 2.50 bits per heavy atom. The Bertz CT molecular complexity index is 46.8. The van der Waals surface area contributed by atoms with Crippen LogP contribution in [0.1, 0.15) is 0 Å². The van der Waals surface area contributed by atoms with Gasteiger partial charge in [-0.1, -0.05) is 0 Å². The van der Waals surface area contributed by atoms with Crippen LogP contribution >= 0.6 is 0 Å². The zero-order chi connectivity index (χ0) is 4.99. The van der Waals surface area contributed by atoms with Crippen molar-refractivity contribution in [2.75, 3.05) is 6.67 Å². The molecular weight excluding hydrogens is 87.0 g/mol. The van der Waals surface area contributed by atoms with Gasteiger partial charge < -0.3 is 5.11 Å². The van der Waals surface area contributed by atoms with E-state index in [1.54, 1.807) is 0 Å². The first-order valence-corrected chi connectivity index (χ1v) is 1.37. The van der Waals surface area contributed by atoms with Crippen molar-refractivity contribution in [2.24, 2.45) is 0 Å². The topological polar surface area (TPSA) is 37.3 Å². The van der Waals surface area contributed by atoms with Crippen molar-refractivity contribution in [1.82, 2.24) is 0 Å². The molecule has 35 valence electrons. The quantitative estimate of drug-likeness (QED) is 0.521. The molecule has 0 fully saturated rings. The van der Waals surface area contributed by atoms with Crippen LogP contribution < -0.4 is 0 Å². The van der Waals surface area contributed by atoms with E-state index in [9.17, 15) is 9.18 Å². The molecule has 0 spiro atoms. The zero-order valence-corrected chi connectivity index (χ0v) is 3.02. The molecule has 0 aliphatic carbocycles. The van der Waals surface area contributed by atoms with Gasteiger partial charge in [0.1, 0.15) is 6.61 Å². The normalized spacial score (nSPS) is 8.33. The summed E-state index contributed by atoms with van der Waals surface area (Å²) in [5.41, 5.74) is 0. The van der Waals surface area contributed by atoms with Crippen LogP contribution in [-0.2, 0) is 4.79 Å². The fraction of sp³-hybridized carbons (Fsp3) is 0.333. The number of ketones is 1. The highest BCUT2D eigenvalue weighted by Gasteiger charge is 1.93. The Labute approximate surface area is 34.6 Å². The van der Waals surface area contributed by atoms with Crippen molar-refractivity contribution in [2.45, 2.75) is 0 Å². The molecular formula is C3H4FO2. The van der Waals surface area contributed by atoms with Gasteiger partial charge in [0.2, 0.25) is 0 Å². The maximum Gasteiger partial charge on any atom is 0.195 e. The van der Waals surface area contributed by atoms with E-state index in [0.29, 0.717) is 0 Å². The van der Waals surface area contributed by atoms with Gasteiger partial charge in [0.05, 0.1) is 0 Å². The Morgan fingerprint density at radius 2 is 2.50 bits per heavy atom. The van der Waals surface area contributed by atoms with Crippen molar-refractivity contribution in [1.29, 1.82) is 0 Å². The van der Waals surface area contributed by atoms with Crippen LogP contribution in [0.4, 0.5) is 4.39 Å². The summed E-state index contributed by atoms with van der Waals surface area (Å²) in [6.07, 6.45) is 0. The first-order valence-electron chi connectivity index (χ1n) is 1.37. The van der Waals surface area contributed by atoms with Crippen LogP contribution in [0, 0.1) is 6.61 Å². The first kappa shape index (κ1) is 5.56.